The Labute approximate surface area is 133 Å². The van der Waals surface area contributed by atoms with Crippen molar-refractivity contribution in [3.8, 4) is 5.75 Å². The molecule has 0 atom stereocenters. The highest BCUT2D eigenvalue weighted by molar-refractivity contribution is 6.35. The van der Waals surface area contributed by atoms with E-state index in [4.69, 9.17) is 27.9 Å². The average molecular weight is 327 g/mol. The topological polar surface area (TPSA) is 59.1 Å². The molecule has 112 valence electrons. The summed E-state index contributed by atoms with van der Waals surface area (Å²) in [5, 5.41) is 7.47. The Morgan fingerprint density at radius 1 is 1.19 bits per heavy atom. The van der Waals surface area contributed by atoms with E-state index >= 15 is 0 Å². The Balaban J connectivity index is 2.03. The Bertz CT molecular complexity index is 622. The molecule has 2 N–H and O–H groups in total. The molecule has 0 amide bonds. The number of benzene rings is 1. The second-order valence-corrected chi connectivity index (χ2v) is 5.11. The highest BCUT2D eigenvalue weighted by atomic mass is 35.5. The molecule has 0 spiro atoms. The number of nitrogens with zero attached hydrogens (tertiary/aromatic N) is 2. The number of aromatic nitrogens is 2. The van der Waals surface area contributed by atoms with Crippen molar-refractivity contribution < 1.29 is 4.74 Å². The number of halogens is 2. The number of ether oxygens (including phenoxy) is 1. The number of hydrogen-bond donors (Lipinski definition) is 2. The number of nitrogens with one attached hydrogen (secondary N) is 2. The Hall–Kier alpha value is -1.72. The summed E-state index contributed by atoms with van der Waals surface area (Å²) in [7, 11) is 3.36. The quantitative estimate of drug-likeness (QED) is 0.850. The van der Waals surface area contributed by atoms with E-state index in [1.54, 1.807) is 20.2 Å². The Morgan fingerprint density at radius 2 is 1.95 bits per heavy atom. The largest absolute Gasteiger partial charge is 0.490 e. The molecule has 2 aromatic rings. The minimum Gasteiger partial charge on any atom is -0.490 e. The summed E-state index contributed by atoms with van der Waals surface area (Å²) in [5.74, 6) is 1.86. The number of hydrogen-bond acceptors (Lipinski definition) is 5. The van der Waals surface area contributed by atoms with Gasteiger partial charge in [-0.05, 0) is 24.1 Å². The highest BCUT2D eigenvalue weighted by Crippen LogP contribution is 2.28. The van der Waals surface area contributed by atoms with Gasteiger partial charge in [-0.1, -0.05) is 29.3 Å². The maximum atomic E-state index is 6.14. The maximum Gasteiger partial charge on any atom is 0.204 e. The highest BCUT2D eigenvalue weighted by Gasteiger charge is 2.10. The van der Waals surface area contributed by atoms with Crippen LogP contribution in [-0.4, -0.2) is 30.7 Å². The van der Waals surface area contributed by atoms with Gasteiger partial charge in [0.2, 0.25) is 5.75 Å². The van der Waals surface area contributed by atoms with Gasteiger partial charge in [-0.15, -0.1) is 0 Å². The third-order valence-electron chi connectivity index (χ3n) is 2.95. The lowest BCUT2D eigenvalue weighted by atomic mass is 10.1. The molecule has 5 nitrogen and oxygen atoms in total. The first-order valence-corrected chi connectivity index (χ1v) is 7.16. The molecule has 0 aliphatic carbocycles. The van der Waals surface area contributed by atoms with E-state index in [0.29, 0.717) is 34.0 Å². The molecule has 1 aromatic heterocycles. The van der Waals surface area contributed by atoms with Crippen molar-refractivity contribution in [3.05, 3.63) is 40.1 Å². The normalized spacial score (nSPS) is 10.3. The first-order valence-electron chi connectivity index (χ1n) is 6.40. The number of methoxy groups -OCH3 is 1. The van der Waals surface area contributed by atoms with Gasteiger partial charge in [-0.2, -0.15) is 0 Å². The van der Waals surface area contributed by atoms with Gasteiger partial charge in [-0.25, -0.2) is 9.97 Å². The van der Waals surface area contributed by atoms with Crippen molar-refractivity contribution in [1.29, 1.82) is 0 Å². The van der Waals surface area contributed by atoms with Gasteiger partial charge in [0, 0.05) is 23.6 Å². The van der Waals surface area contributed by atoms with Gasteiger partial charge in [0.1, 0.15) is 6.33 Å². The molecule has 0 aliphatic rings. The van der Waals surface area contributed by atoms with Crippen molar-refractivity contribution in [1.82, 2.24) is 9.97 Å². The van der Waals surface area contributed by atoms with Crippen molar-refractivity contribution in [2.75, 3.05) is 31.3 Å². The molecule has 0 bridgehead atoms. The zero-order valence-electron chi connectivity index (χ0n) is 11.8. The lowest BCUT2D eigenvalue weighted by molar-refractivity contribution is 0.415. The van der Waals surface area contributed by atoms with E-state index in [9.17, 15) is 0 Å². The van der Waals surface area contributed by atoms with Gasteiger partial charge >= 0.3 is 0 Å². The van der Waals surface area contributed by atoms with Crippen molar-refractivity contribution >= 4 is 34.8 Å². The van der Waals surface area contributed by atoms with Gasteiger partial charge in [-0.3, -0.25) is 0 Å². The predicted molar refractivity (Wildman–Crippen MR) is 86.8 cm³/mol. The van der Waals surface area contributed by atoms with Crippen LogP contribution < -0.4 is 15.4 Å². The van der Waals surface area contributed by atoms with Crippen LogP contribution in [0.25, 0.3) is 0 Å². The van der Waals surface area contributed by atoms with E-state index in [0.717, 1.165) is 12.0 Å². The molecule has 1 aromatic carbocycles. The Morgan fingerprint density at radius 3 is 2.62 bits per heavy atom. The van der Waals surface area contributed by atoms with Crippen LogP contribution in [0.2, 0.25) is 10.0 Å². The standard InChI is InChI=1S/C14H16Cl2N4O/c1-17-13-12(21-2)14(20-8-19-13)18-6-5-9-3-4-10(15)7-11(9)16/h3-4,7-8H,5-6H2,1-2H3,(H2,17,18,19,20). The van der Waals surface area contributed by atoms with Crippen molar-refractivity contribution in [2.24, 2.45) is 0 Å². The fourth-order valence-corrected chi connectivity index (χ4v) is 2.41. The monoisotopic (exact) mass is 326 g/mol. The van der Waals surface area contributed by atoms with Crippen LogP contribution in [0.5, 0.6) is 5.75 Å². The van der Waals surface area contributed by atoms with E-state index in [1.807, 2.05) is 12.1 Å². The van der Waals surface area contributed by atoms with Crippen LogP contribution in [0, 0.1) is 0 Å². The molecule has 0 saturated heterocycles. The second-order valence-electron chi connectivity index (χ2n) is 4.27. The molecule has 0 radical (unpaired) electrons. The summed E-state index contributed by atoms with van der Waals surface area (Å²) in [6.07, 6.45) is 2.23. The molecule has 0 fully saturated rings. The predicted octanol–water partition coefficient (Wildman–Crippen LogP) is 3.49. The van der Waals surface area contributed by atoms with E-state index < -0.39 is 0 Å². The SMILES string of the molecule is CNc1ncnc(NCCc2ccc(Cl)cc2Cl)c1OC. The lowest BCUT2D eigenvalue weighted by Crippen LogP contribution is -2.09. The van der Waals surface area contributed by atoms with Crippen LogP contribution in [0.1, 0.15) is 5.56 Å². The van der Waals surface area contributed by atoms with Crippen LogP contribution >= 0.6 is 23.2 Å². The summed E-state index contributed by atoms with van der Waals surface area (Å²) >= 11 is 12.0. The van der Waals surface area contributed by atoms with E-state index in [1.165, 1.54) is 6.33 Å². The fourth-order valence-electron chi connectivity index (χ4n) is 1.91. The molecule has 0 aliphatic heterocycles. The van der Waals surface area contributed by atoms with Crippen molar-refractivity contribution in [3.63, 3.8) is 0 Å². The van der Waals surface area contributed by atoms with Crippen LogP contribution in [0.4, 0.5) is 11.6 Å². The lowest BCUT2D eigenvalue weighted by Gasteiger charge is -2.13. The second kappa shape index (κ2) is 7.33. The molecule has 2 rings (SSSR count). The average Bonchev–Trinajstić information content (AvgIpc) is 2.49. The van der Waals surface area contributed by atoms with Gasteiger partial charge in [0.05, 0.1) is 7.11 Å². The summed E-state index contributed by atoms with van der Waals surface area (Å²) in [5.41, 5.74) is 1.02. The van der Waals surface area contributed by atoms with Gasteiger partial charge in [0.15, 0.2) is 11.6 Å². The summed E-state index contributed by atoms with van der Waals surface area (Å²) in [6.45, 7) is 0.665. The molecule has 0 unspecified atom stereocenters. The summed E-state index contributed by atoms with van der Waals surface area (Å²) in [6, 6.07) is 5.48. The molecular weight excluding hydrogens is 311 g/mol. The first kappa shape index (κ1) is 15.7. The Kier molecular flexibility index (Phi) is 5.47. The molecular formula is C14H16Cl2N4O. The molecule has 21 heavy (non-hydrogen) atoms. The summed E-state index contributed by atoms with van der Waals surface area (Å²) < 4.78 is 5.32. The molecule has 7 heteroatoms. The minimum atomic E-state index is 0.585. The molecule has 1 heterocycles. The zero-order valence-corrected chi connectivity index (χ0v) is 13.3. The smallest absolute Gasteiger partial charge is 0.204 e. The minimum absolute atomic E-state index is 0.585. The van der Waals surface area contributed by atoms with E-state index in [2.05, 4.69) is 20.6 Å². The number of anilines is 2. The maximum absolute atomic E-state index is 6.14. The third-order valence-corrected chi connectivity index (χ3v) is 3.53. The van der Waals surface area contributed by atoms with Gasteiger partial charge in [0.25, 0.3) is 0 Å². The fraction of sp³-hybridized carbons (Fsp3) is 0.286. The molecule has 0 saturated carbocycles. The third kappa shape index (κ3) is 3.89. The van der Waals surface area contributed by atoms with Crippen molar-refractivity contribution in [2.45, 2.75) is 6.42 Å². The van der Waals surface area contributed by atoms with Crippen LogP contribution in [0.15, 0.2) is 24.5 Å². The summed E-state index contributed by atoms with van der Waals surface area (Å²) in [4.78, 5) is 8.28. The number of rotatable bonds is 6. The van der Waals surface area contributed by atoms with Crippen LogP contribution in [0.3, 0.4) is 0 Å². The van der Waals surface area contributed by atoms with Gasteiger partial charge < -0.3 is 15.4 Å². The van der Waals surface area contributed by atoms with Crippen LogP contribution in [-0.2, 0) is 6.42 Å². The zero-order chi connectivity index (χ0) is 15.2. The first-order chi connectivity index (χ1) is 10.2. The van der Waals surface area contributed by atoms with E-state index in [-0.39, 0.29) is 0 Å².